The van der Waals surface area contributed by atoms with Crippen molar-refractivity contribution in [1.82, 2.24) is 9.97 Å². The monoisotopic (exact) mass is 518 g/mol. The highest BCUT2D eigenvalue weighted by atomic mass is 32.1. The molecule has 1 aliphatic rings. The summed E-state index contributed by atoms with van der Waals surface area (Å²) in [6.45, 7) is 6.30. The third-order valence-corrected chi connectivity index (χ3v) is 6.72. The molecular formula is C24H28F2N6O3S. The van der Waals surface area contributed by atoms with Crippen LogP contribution in [0.4, 0.5) is 25.2 Å². The number of rotatable bonds is 6. The average molecular weight is 519 g/mol. The van der Waals surface area contributed by atoms with Crippen LogP contribution in [0.3, 0.4) is 0 Å². The van der Waals surface area contributed by atoms with E-state index in [4.69, 9.17) is 16.2 Å². The van der Waals surface area contributed by atoms with Gasteiger partial charge in [0.05, 0.1) is 35.3 Å². The number of pyridine rings is 1. The van der Waals surface area contributed by atoms with E-state index in [9.17, 15) is 18.7 Å². The number of hydrogen-bond acceptors (Lipinski definition) is 9. The fraction of sp³-hybridized carbons (Fsp3) is 0.375. The number of thiazole rings is 1. The number of halogens is 2. The van der Waals surface area contributed by atoms with Crippen LogP contribution in [0, 0.1) is 17.6 Å². The summed E-state index contributed by atoms with van der Waals surface area (Å²) < 4.78 is 34.9. The molecule has 3 aromatic rings. The fourth-order valence-corrected chi connectivity index (χ4v) is 5.03. The normalized spacial score (nSPS) is 20.0. The van der Waals surface area contributed by atoms with Crippen molar-refractivity contribution in [2.75, 3.05) is 29.0 Å². The van der Waals surface area contributed by atoms with Crippen LogP contribution in [0.2, 0.25) is 0 Å². The van der Waals surface area contributed by atoms with Crippen LogP contribution in [0.25, 0.3) is 10.6 Å². The molecule has 1 saturated heterocycles. The molecule has 36 heavy (non-hydrogen) atoms. The lowest BCUT2D eigenvalue weighted by Gasteiger charge is -2.40. The van der Waals surface area contributed by atoms with Crippen LogP contribution in [-0.2, 0) is 0 Å². The molecule has 2 aromatic heterocycles. The molecule has 0 saturated carbocycles. The van der Waals surface area contributed by atoms with Gasteiger partial charge in [0.1, 0.15) is 27.4 Å². The first-order chi connectivity index (χ1) is 17.0. The van der Waals surface area contributed by atoms with Gasteiger partial charge >= 0.3 is 0 Å². The summed E-state index contributed by atoms with van der Waals surface area (Å²) in [5.41, 5.74) is 12.6. The quantitative estimate of drug-likeness (QED) is 0.390. The van der Waals surface area contributed by atoms with Crippen molar-refractivity contribution >= 4 is 33.6 Å². The summed E-state index contributed by atoms with van der Waals surface area (Å²) in [6, 6.07) is 3.41. The number of carbonyl (C=O) groups is 1. The third-order valence-electron chi connectivity index (χ3n) is 5.82. The number of carbonyl (C=O) groups excluding carboxylic acids is 1. The number of nitrogens with two attached hydrogens (primary N) is 2. The minimum Gasteiger partial charge on any atom is -0.491 e. The van der Waals surface area contributed by atoms with Gasteiger partial charge in [0.25, 0.3) is 5.91 Å². The molecule has 3 atom stereocenters. The van der Waals surface area contributed by atoms with Crippen LogP contribution < -0.4 is 26.4 Å². The van der Waals surface area contributed by atoms with Crippen molar-refractivity contribution in [1.29, 1.82) is 0 Å². The lowest BCUT2D eigenvalue weighted by molar-refractivity contribution is 0.0785. The van der Waals surface area contributed by atoms with E-state index in [1.54, 1.807) is 26.1 Å². The Hall–Kier alpha value is -3.35. The van der Waals surface area contributed by atoms with Crippen LogP contribution in [-0.4, -0.2) is 52.3 Å². The summed E-state index contributed by atoms with van der Waals surface area (Å²) in [7, 11) is 0. The second-order valence-electron chi connectivity index (χ2n) is 9.04. The molecule has 1 aliphatic heterocycles. The van der Waals surface area contributed by atoms with E-state index in [1.807, 2.05) is 11.8 Å². The van der Waals surface area contributed by atoms with Gasteiger partial charge in [-0.2, -0.15) is 0 Å². The van der Waals surface area contributed by atoms with Crippen LogP contribution in [0.1, 0.15) is 31.3 Å². The molecule has 3 heterocycles. The molecular weight excluding hydrogens is 490 g/mol. The van der Waals surface area contributed by atoms with Gasteiger partial charge in [-0.1, -0.05) is 18.3 Å². The van der Waals surface area contributed by atoms with E-state index in [-0.39, 0.29) is 33.5 Å². The first kappa shape index (κ1) is 25.7. The van der Waals surface area contributed by atoms with Gasteiger partial charge in [-0.15, -0.1) is 0 Å². The Labute approximate surface area is 211 Å². The van der Waals surface area contributed by atoms with E-state index >= 15 is 0 Å². The topological polar surface area (TPSA) is 140 Å². The first-order valence-corrected chi connectivity index (χ1v) is 12.2. The Morgan fingerprint density at radius 1 is 1.31 bits per heavy atom. The van der Waals surface area contributed by atoms with Crippen LogP contribution in [0.5, 0.6) is 5.75 Å². The number of nitrogens with zero attached hydrogens (tertiary/aromatic N) is 3. The van der Waals surface area contributed by atoms with Crippen molar-refractivity contribution in [2.24, 2.45) is 11.7 Å². The first-order valence-electron chi connectivity index (χ1n) is 11.4. The van der Waals surface area contributed by atoms with Crippen molar-refractivity contribution in [3.05, 3.63) is 47.9 Å². The zero-order valence-corrected chi connectivity index (χ0v) is 20.9. The summed E-state index contributed by atoms with van der Waals surface area (Å²) in [4.78, 5) is 23.3. The van der Waals surface area contributed by atoms with Gasteiger partial charge in [-0.05, 0) is 19.9 Å². The number of aliphatic hydroxyl groups excluding tert-OH is 1. The second kappa shape index (κ2) is 10.3. The minimum atomic E-state index is -0.876. The van der Waals surface area contributed by atoms with Gasteiger partial charge in [0.15, 0.2) is 5.69 Å². The van der Waals surface area contributed by atoms with Gasteiger partial charge in [-0.3, -0.25) is 9.78 Å². The van der Waals surface area contributed by atoms with E-state index in [2.05, 4.69) is 15.3 Å². The Kier molecular flexibility index (Phi) is 7.38. The maximum Gasteiger partial charge on any atom is 0.277 e. The Bertz CT molecular complexity index is 1240. The molecule has 1 aromatic carbocycles. The highest BCUT2D eigenvalue weighted by Gasteiger charge is 2.32. The fourth-order valence-electron chi connectivity index (χ4n) is 4.15. The van der Waals surface area contributed by atoms with Crippen LogP contribution >= 0.6 is 11.3 Å². The number of ether oxygens (including phenoxy) is 1. The van der Waals surface area contributed by atoms with Gasteiger partial charge in [0.2, 0.25) is 0 Å². The molecule has 0 radical (unpaired) electrons. The summed E-state index contributed by atoms with van der Waals surface area (Å²) in [5.74, 6) is -2.43. The highest BCUT2D eigenvalue weighted by molar-refractivity contribution is 7.19. The van der Waals surface area contributed by atoms with Crippen molar-refractivity contribution in [3.63, 3.8) is 0 Å². The molecule has 0 spiro atoms. The summed E-state index contributed by atoms with van der Waals surface area (Å²) in [5, 5.41) is 12.9. The number of amides is 1. The molecule has 0 aliphatic carbocycles. The van der Waals surface area contributed by atoms with E-state index in [0.717, 1.165) is 23.5 Å². The number of benzene rings is 1. The van der Waals surface area contributed by atoms with Gasteiger partial charge in [0, 0.05) is 43.4 Å². The number of aliphatic hydroxyl groups is 1. The molecule has 0 unspecified atom stereocenters. The molecule has 9 nitrogen and oxygen atoms in total. The zero-order chi connectivity index (χ0) is 26.1. The number of hydrogen-bond donors (Lipinski definition) is 4. The Morgan fingerprint density at radius 2 is 2.00 bits per heavy atom. The summed E-state index contributed by atoms with van der Waals surface area (Å²) >= 11 is 0.802. The molecule has 0 bridgehead atoms. The largest absolute Gasteiger partial charge is 0.491 e. The number of piperidine rings is 1. The predicted octanol–water partition coefficient (Wildman–Crippen LogP) is 3.25. The number of nitrogen functional groups attached to an aromatic ring is 1. The van der Waals surface area contributed by atoms with Gasteiger partial charge < -0.3 is 31.5 Å². The predicted molar refractivity (Wildman–Crippen MR) is 135 cm³/mol. The van der Waals surface area contributed by atoms with E-state index in [1.165, 1.54) is 6.20 Å². The minimum absolute atomic E-state index is 0.00554. The Balaban J connectivity index is 1.59. The van der Waals surface area contributed by atoms with Crippen molar-refractivity contribution in [2.45, 2.75) is 39.0 Å². The number of nitrogens with one attached hydrogen (secondary N) is 1. The average Bonchev–Trinajstić information content (AvgIpc) is 3.17. The number of aromatic nitrogens is 2. The smallest absolute Gasteiger partial charge is 0.277 e. The second-order valence-corrected chi connectivity index (χ2v) is 10.1. The highest BCUT2D eigenvalue weighted by Crippen LogP contribution is 2.36. The SMILES string of the molecule is CC(C)Oc1cc(F)c(-c2nc(C(=O)Nc3cnccc3N3C[C@@H](N)[C@H](O)[C@@H](C)C3)c(N)s2)c(F)c1. The lowest BCUT2D eigenvalue weighted by Crippen LogP contribution is -2.55. The standard InChI is InChI=1S/C24H28F2N6O3S/c1-11(2)35-13-6-14(25)19(15(26)7-13)24-31-20(22(28)36-24)23(34)30-17-8-29-5-4-18(17)32-9-12(3)21(33)16(27)10-32/h4-8,11-12,16,21,33H,9-10,27-28H2,1-3H3,(H,30,34)/t12-,16+,21+/m0/s1. The van der Waals surface area contributed by atoms with Crippen LogP contribution in [0.15, 0.2) is 30.6 Å². The Morgan fingerprint density at radius 3 is 2.64 bits per heavy atom. The maximum atomic E-state index is 14.7. The molecule has 192 valence electrons. The van der Waals surface area contributed by atoms with Gasteiger partial charge in [-0.25, -0.2) is 13.8 Å². The van der Waals surface area contributed by atoms with E-state index < -0.39 is 35.3 Å². The summed E-state index contributed by atoms with van der Waals surface area (Å²) in [6.07, 6.45) is 2.18. The number of anilines is 3. The molecule has 12 heteroatoms. The maximum absolute atomic E-state index is 14.7. The lowest BCUT2D eigenvalue weighted by atomic mass is 9.92. The molecule has 4 rings (SSSR count). The molecule has 1 amide bonds. The third kappa shape index (κ3) is 5.25. The molecule has 1 fully saturated rings. The molecule has 6 N–H and O–H groups in total. The van der Waals surface area contributed by atoms with Crippen molar-refractivity contribution < 1.29 is 23.4 Å². The van der Waals surface area contributed by atoms with E-state index in [0.29, 0.717) is 24.5 Å². The zero-order valence-electron chi connectivity index (χ0n) is 20.0. The van der Waals surface area contributed by atoms with Crippen molar-refractivity contribution in [3.8, 4) is 16.3 Å².